The molecule has 0 aromatic heterocycles. The molecule has 0 saturated heterocycles. The Balaban J connectivity index is 0.00000137. The van der Waals surface area contributed by atoms with Crippen LogP contribution in [0.25, 0.3) is 32.7 Å². The van der Waals surface area contributed by atoms with E-state index < -0.39 is 21.3 Å². The van der Waals surface area contributed by atoms with Crippen LogP contribution in [0.15, 0.2) is 88.2 Å². The zero-order valence-corrected chi connectivity index (χ0v) is 23.6. The number of fused-ring (bicyclic) bond motifs is 8. The second kappa shape index (κ2) is 10.5. The third-order valence-electron chi connectivity index (χ3n) is 7.38. The van der Waals surface area contributed by atoms with Crippen LogP contribution >= 0.6 is 0 Å². The second-order valence-corrected chi connectivity index (χ2v) is 15.5. The van der Waals surface area contributed by atoms with E-state index in [-0.39, 0.29) is 24.8 Å². The SMILES string of the molecule is CC[C](CC)=[Zr+2]([C]1=CC=CC1)[c]1cccc2c1c1c(c3ccccc32)-c2ccccc2C1.[Cl-].[Cl-]. The van der Waals surface area contributed by atoms with E-state index in [0.29, 0.717) is 0 Å². The maximum absolute atomic E-state index is 2.50. The molecule has 0 atom stereocenters. The van der Waals surface area contributed by atoms with Crippen molar-refractivity contribution in [3.63, 3.8) is 0 Å². The molecule has 2 aliphatic carbocycles. The van der Waals surface area contributed by atoms with Crippen LogP contribution in [-0.2, 0) is 27.7 Å². The Kier molecular flexibility index (Phi) is 7.78. The number of hydrogen-bond acceptors (Lipinski definition) is 0. The van der Waals surface area contributed by atoms with Gasteiger partial charge in [-0.3, -0.25) is 0 Å². The molecule has 170 valence electrons. The summed E-state index contributed by atoms with van der Waals surface area (Å²) in [7, 11) is 0. The normalized spacial score (nSPS) is 12.9. The molecule has 0 nitrogen and oxygen atoms in total. The molecular formula is C31H28Cl2Zr. The van der Waals surface area contributed by atoms with Gasteiger partial charge < -0.3 is 24.8 Å². The van der Waals surface area contributed by atoms with E-state index in [1.54, 1.807) is 17.5 Å². The Morgan fingerprint density at radius 3 is 2.24 bits per heavy atom. The average molecular weight is 563 g/mol. The number of benzene rings is 4. The third-order valence-corrected chi connectivity index (χ3v) is 15.7. The summed E-state index contributed by atoms with van der Waals surface area (Å²) >= 11 is -2.16. The van der Waals surface area contributed by atoms with Gasteiger partial charge in [0.15, 0.2) is 0 Å². The number of hydrogen-bond donors (Lipinski definition) is 0. The van der Waals surface area contributed by atoms with Gasteiger partial charge in [0.2, 0.25) is 0 Å². The van der Waals surface area contributed by atoms with E-state index in [2.05, 4.69) is 98.8 Å². The van der Waals surface area contributed by atoms with Gasteiger partial charge in [0.05, 0.1) is 0 Å². The molecule has 4 aromatic carbocycles. The van der Waals surface area contributed by atoms with E-state index >= 15 is 0 Å². The molecule has 0 saturated carbocycles. The summed E-state index contributed by atoms with van der Waals surface area (Å²) in [6, 6.07) is 25.4. The van der Waals surface area contributed by atoms with E-state index in [4.69, 9.17) is 0 Å². The summed E-state index contributed by atoms with van der Waals surface area (Å²) in [6.45, 7) is 4.76. The van der Waals surface area contributed by atoms with Gasteiger partial charge in [0.1, 0.15) is 0 Å². The van der Waals surface area contributed by atoms with Crippen molar-refractivity contribution in [3.05, 3.63) is 99.4 Å². The number of halogens is 2. The summed E-state index contributed by atoms with van der Waals surface area (Å²) in [5.41, 5.74) is 5.99. The zero-order chi connectivity index (χ0) is 21.7. The van der Waals surface area contributed by atoms with E-state index in [0.717, 1.165) is 12.8 Å². The minimum atomic E-state index is -2.16. The Hall–Kier alpha value is -1.79. The quantitative estimate of drug-likeness (QED) is 0.293. The minimum absolute atomic E-state index is 0. The summed E-state index contributed by atoms with van der Waals surface area (Å²) in [4.78, 5) is 0. The summed E-state index contributed by atoms with van der Waals surface area (Å²) in [5.74, 6) is 0. The largest absolute Gasteiger partial charge is 1.00 e. The van der Waals surface area contributed by atoms with E-state index in [1.165, 1.54) is 45.7 Å². The van der Waals surface area contributed by atoms with Gasteiger partial charge in [-0.05, 0) is 0 Å². The Labute approximate surface area is 222 Å². The summed E-state index contributed by atoms with van der Waals surface area (Å²) < 4.78 is 5.29. The van der Waals surface area contributed by atoms with Gasteiger partial charge in [-0.1, -0.05) is 0 Å². The fourth-order valence-corrected chi connectivity index (χ4v) is 14.0. The first-order valence-corrected chi connectivity index (χ1v) is 15.6. The summed E-state index contributed by atoms with van der Waals surface area (Å²) in [6.07, 6.45) is 11.8. The van der Waals surface area contributed by atoms with Crippen LogP contribution in [0.5, 0.6) is 0 Å². The summed E-state index contributed by atoms with van der Waals surface area (Å²) in [5, 5.41) is 5.87. The average Bonchev–Trinajstić information content (AvgIpc) is 3.50. The van der Waals surface area contributed by atoms with Crippen LogP contribution in [0, 0.1) is 0 Å². The second-order valence-electron chi connectivity index (χ2n) is 8.97. The van der Waals surface area contributed by atoms with Gasteiger partial charge in [-0.2, -0.15) is 0 Å². The maximum Gasteiger partial charge on any atom is -1.00 e. The standard InChI is InChI=1S/C21H13.C5H5.C5H10.2ClH.Zr/c1-2-8-15-14(7-1)13-20-18-11-4-3-9-16(18)17-10-5-6-12-19(17)21(15)20;1-2-4-5-3-1;1-3-5-4-2;;;/h1-10,12H,13H2;1-3H,4H2;3-4H2,1-2H3;2*1H;/q;;;;;+2/p-2. The molecule has 6 rings (SSSR count). The van der Waals surface area contributed by atoms with Crippen LogP contribution in [0.2, 0.25) is 0 Å². The maximum atomic E-state index is 2.50. The predicted molar refractivity (Wildman–Crippen MR) is 137 cm³/mol. The fraction of sp³-hybridized carbons (Fsp3) is 0.194. The van der Waals surface area contributed by atoms with Crippen LogP contribution in [0.3, 0.4) is 0 Å². The van der Waals surface area contributed by atoms with Gasteiger partial charge in [0.25, 0.3) is 0 Å². The van der Waals surface area contributed by atoms with Crippen molar-refractivity contribution in [2.75, 3.05) is 0 Å². The fourth-order valence-electron chi connectivity index (χ4n) is 5.95. The van der Waals surface area contributed by atoms with Gasteiger partial charge in [0, 0.05) is 0 Å². The van der Waals surface area contributed by atoms with Crippen LogP contribution in [0.1, 0.15) is 44.2 Å². The molecule has 0 heterocycles. The molecule has 0 aliphatic heterocycles. The molecule has 0 spiro atoms. The topological polar surface area (TPSA) is 0 Å². The molecule has 0 bridgehead atoms. The number of allylic oxidation sites excluding steroid dienone is 4. The Morgan fingerprint density at radius 2 is 1.50 bits per heavy atom. The van der Waals surface area contributed by atoms with Crippen molar-refractivity contribution in [3.8, 4) is 11.1 Å². The first kappa shape index (κ1) is 25.3. The van der Waals surface area contributed by atoms with E-state index in [1.807, 2.05) is 3.21 Å². The van der Waals surface area contributed by atoms with E-state index in [9.17, 15) is 0 Å². The molecule has 3 heteroatoms. The van der Waals surface area contributed by atoms with Crippen molar-refractivity contribution in [1.82, 2.24) is 0 Å². The zero-order valence-electron chi connectivity index (χ0n) is 19.7. The first-order chi connectivity index (χ1) is 15.8. The first-order valence-electron chi connectivity index (χ1n) is 11.9. The molecule has 0 unspecified atom stereocenters. The van der Waals surface area contributed by atoms with Crippen LogP contribution in [-0.4, -0.2) is 3.21 Å². The van der Waals surface area contributed by atoms with Crippen molar-refractivity contribution >= 4 is 28.0 Å². The van der Waals surface area contributed by atoms with Crippen molar-refractivity contribution < 1.29 is 46.1 Å². The predicted octanol–water partition coefficient (Wildman–Crippen LogP) is 1.65. The molecule has 4 aromatic rings. The molecule has 34 heavy (non-hydrogen) atoms. The van der Waals surface area contributed by atoms with Gasteiger partial charge in [-0.25, -0.2) is 0 Å². The Bertz CT molecular complexity index is 1480. The molecular weight excluding hydrogens is 534 g/mol. The monoisotopic (exact) mass is 560 g/mol. The number of rotatable bonds is 4. The Morgan fingerprint density at radius 1 is 0.794 bits per heavy atom. The molecule has 0 radical (unpaired) electrons. The third kappa shape index (κ3) is 3.91. The van der Waals surface area contributed by atoms with Crippen LogP contribution in [0.4, 0.5) is 0 Å². The van der Waals surface area contributed by atoms with Crippen LogP contribution < -0.4 is 28.1 Å². The molecule has 0 fully saturated rings. The van der Waals surface area contributed by atoms with Crippen molar-refractivity contribution in [2.24, 2.45) is 0 Å². The van der Waals surface area contributed by atoms with Gasteiger partial charge >= 0.3 is 199 Å². The molecule has 2 aliphatic rings. The molecule has 0 N–H and O–H groups in total. The minimum Gasteiger partial charge on any atom is -1.00 e. The van der Waals surface area contributed by atoms with Crippen molar-refractivity contribution in [2.45, 2.75) is 39.5 Å². The molecule has 0 amide bonds. The van der Waals surface area contributed by atoms with Gasteiger partial charge in [-0.15, -0.1) is 0 Å². The van der Waals surface area contributed by atoms with Crippen molar-refractivity contribution in [1.29, 1.82) is 0 Å². The smallest absolute Gasteiger partial charge is 1.00 e.